The first kappa shape index (κ1) is 28.6. The Morgan fingerprint density at radius 1 is 0.667 bits per heavy atom. The molecule has 0 amide bonds. The second-order valence-electron chi connectivity index (χ2n) is 6.76. The van der Waals surface area contributed by atoms with Crippen LogP contribution in [0.25, 0.3) is 0 Å². The van der Waals surface area contributed by atoms with E-state index in [2.05, 4.69) is 13.5 Å². The molecule has 1 aromatic carbocycles. The highest BCUT2D eigenvalue weighted by Gasteiger charge is 2.32. The predicted molar refractivity (Wildman–Crippen MR) is 127 cm³/mol. The lowest BCUT2D eigenvalue weighted by molar-refractivity contribution is -0.143. The Morgan fingerprint density at radius 2 is 1.09 bits per heavy atom. The van der Waals surface area contributed by atoms with Crippen LogP contribution in [0.5, 0.6) is 28.7 Å². The second kappa shape index (κ2) is 15.4. The minimum atomic E-state index is -0.921. The molecule has 0 heterocycles. The van der Waals surface area contributed by atoms with Gasteiger partial charge < -0.3 is 33.2 Å². The second-order valence-corrected chi connectivity index (χ2v) is 6.76. The summed E-state index contributed by atoms with van der Waals surface area (Å²) in [6.45, 7) is 19.1. The number of benzene rings is 1. The predicted octanol–water partition coefficient (Wildman–Crippen LogP) is 5.09. The van der Waals surface area contributed by atoms with Gasteiger partial charge in [-0.05, 0) is 48.0 Å². The van der Waals surface area contributed by atoms with E-state index in [1.54, 1.807) is 13.8 Å². The van der Waals surface area contributed by atoms with Gasteiger partial charge in [0.05, 0.1) is 32.0 Å². The molecular weight excluding hydrogens is 428 g/mol. The van der Waals surface area contributed by atoms with E-state index in [4.69, 9.17) is 33.2 Å². The molecule has 8 heteroatoms. The van der Waals surface area contributed by atoms with Crippen LogP contribution in [-0.2, 0) is 20.7 Å². The summed E-state index contributed by atoms with van der Waals surface area (Å²) in [7, 11) is 0. The maximum absolute atomic E-state index is 13.1. The third-order valence-corrected chi connectivity index (χ3v) is 4.41. The number of ether oxygens (including phenoxy) is 7. The fraction of sp³-hybridized carbons (Fsp3) is 0.640. The smallest absolute Gasteiger partial charge is 0.344 e. The van der Waals surface area contributed by atoms with Crippen molar-refractivity contribution in [2.45, 2.75) is 67.6 Å². The number of hydrogen-bond donors (Lipinski definition) is 0. The van der Waals surface area contributed by atoms with E-state index < -0.39 is 12.3 Å². The highest BCUT2D eigenvalue weighted by atomic mass is 16.7. The van der Waals surface area contributed by atoms with Crippen molar-refractivity contribution in [1.29, 1.82) is 0 Å². The summed E-state index contributed by atoms with van der Waals surface area (Å²) in [6.07, 6.45) is 0.593. The Labute approximate surface area is 198 Å². The van der Waals surface area contributed by atoms with E-state index in [1.807, 2.05) is 27.7 Å². The molecule has 0 unspecified atom stereocenters. The topological polar surface area (TPSA) is 81.7 Å². The summed E-state index contributed by atoms with van der Waals surface area (Å²) >= 11 is 0. The van der Waals surface area contributed by atoms with Crippen LogP contribution >= 0.6 is 0 Å². The fourth-order valence-corrected chi connectivity index (χ4v) is 3.21. The molecule has 0 aliphatic carbocycles. The van der Waals surface area contributed by atoms with Gasteiger partial charge in [-0.15, -0.1) is 0 Å². The van der Waals surface area contributed by atoms with Crippen molar-refractivity contribution in [2.24, 2.45) is 0 Å². The minimum absolute atomic E-state index is 0.0251. The summed E-state index contributed by atoms with van der Waals surface area (Å²) in [5.41, 5.74) is 0.838. The Hall–Kier alpha value is -2.45. The molecule has 0 bridgehead atoms. The molecule has 0 saturated heterocycles. The normalized spacial score (nSPS) is 10.8. The van der Waals surface area contributed by atoms with Crippen molar-refractivity contribution in [3.8, 4) is 28.7 Å². The minimum Gasteiger partial charge on any atom is -0.489 e. The van der Waals surface area contributed by atoms with Crippen LogP contribution < -0.4 is 23.7 Å². The van der Waals surface area contributed by atoms with E-state index >= 15 is 0 Å². The summed E-state index contributed by atoms with van der Waals surface area (Å²) in [6, 6.07) is 0. The molecule has 0 atom stereocenters. The van der Waals surface area contributed by atoms with E-state index in [0.29, 0.717) is 69.1 Å². The molecular formula is C25H40O8. The van der Waals surface area contributed by atoms with Gasteiger partial charge in [0.2, 0.25) is 17.2 Å². The third kappa shape index (κ3) is 7.54. The Kier molecular flexibility index (Phi) is 13.3. The van der Waals surface area contributed by atoms with Gasteiger partial charge in [-0.2, -0.15) is 0 Å². The standard InChI is InChI=1S/C25H40O8/c1-9-16-18-19(27-10-2)21(29-12-4)23(22(30-13-5)20(18)28-11-3)33-24(26)17(8)25(31-14-6)32-15-7/h25H,8-16H2,1-7H3. The van der Waals surface area contributed by atoms with Gasteiger partial charge in [0.1, 0.15) is 0 Å². The molecule has 0 spiro atoms. The van der Waals surface area contributed by atoms with Gasteiger partial charge in [0, 0.05) is 18.8 Å². The lowest BCUT2D eigenvalue weighted by Gasteiger charge is -2.25. The molecule has 1 aromatic rings. The van der Waals surface area contributed by atoms with Crippen LogP contribution in [0.1, 0.15) is 60.5 Å². The summed E-state index contributed by atoms with van der Waals surface area (Å²) in [5.74, 6) is 0.904. The van der Waals surface area contributed by atoms with Crippen molar-refractivity contribution in [1.82, 2.24) is 0 Å². The van der Waals surface area contributed by atoms with Gasteiger partial charge in [-0.1, -0.05) is 19.9 Å². The van der Waals surface area contributed by atoms with Crippen LogP contribution in [0.15, 0.2) is 12.2 Å². The number of esters is 1. The van der Waals surface area contributed by atoms with Crippen molar-refractivity contribution < 1.29 is 38.0 Å². The molecule has 0 saturated carbocycles. The van der Waals surface area contributed by atoms with Crippen LogP contribution in [0.2, 0.25) is 0 Å². The number of rotatable bonds is 17. The van der Waals surface area contributed by atoms with Gasteiger partial charge in [0.25, 0.3) is 0 Å². The quantitative estimate of drug-likeness (QED) is 0.135. The Morgan fingerprint density at radius 3 is 1.45 bits per heavy atom. The van der Waals surface area contributed by atoms with Crippen LogP contribution in [0.4, 0.5) is 0 Å². The van der Waals surface area contributed by atoms with Gasteiger partial charge >= 0.3 is 5.97 Å². The number of hydrogen-bond acceptors (Lipinski definition) is 8. The zero-order chi connectivity index (χ0) is 24.8. The summed E-state index contributed by atoms with van der Waals surface area (Å²) in [4.78, 5) is 13.1. The van der Waals surface area contributed by atoms with E-state index in [0.717, 1.165) is 12.0 Å². The van der Waals surface area contributed by atoms with Gasteiger partial charge in [-0.25, -0.2) is 4.79 Å². The molecule has 0 aliphatic heterocycles. The Bertz CT molecular complexity index is 716. The third-order valence-electron chi connectivity index (χ3n) is 4.41. The van der Waals surface area contributed by atoms with Crippen molar-refractivity contribution in [3.05, 3.63) is 17.7 Å². The first-order valence-corrected chi connectivity index (χ1v) is 11.8. The largest absolute Gasteiger partial charge is 0.489 e. The van der Waals surface area contributed by atoms with Gasteiger partial charge in [-0.3, -0.25) is 0 Å². The first-order chi connectivity index (χ1) is 15.9. The highest BCUT2D eigenvalue weighted by Crippen LogP contribution is 2.54. The average molecular weight is 469 g/mol. The van der Waals surface area contributed by atoms with Crippen LogP contribution in [0.3, 0.4) is 0 Å². The van der Waals surface area contributed by atoms with Crippen molar-refractivity contribution >= 4 is 5.97 Å². The number of carbonyl (C=O) groups excluding carboxylic acids is 1. The van der Waals surface area contributed by atoms with Crippen LogP contribution in [-0.4, -0.2) is 51.9 Å². The number of carbonyl (C=O) groups is 1. The van der Waals surface area contributed by atoms with E-state index in [-0.39, 0.29) is 11.3 Å². The lowest BCUT2D eigenvalue weighted by Crippen LogP contribution is -2.27. The molecule has 0 N–H and O–H groups in total. The molecule has 188 valence electrons. The summed E-state index contributed by atoms with van der Waals surface area (Å²) < 4.78 is 40.6. The zero-order valence-electron chi connectivity index (χ0n) is 21.2. The molecule has 0 fully saturated rings. The maximum Gasteiger partial charge on any atom is 0.344 e. The van der Waals surface area contributed by atoms with Crippen molar-refractivity contribution in [3.63, 3.8) is 0 Å². The van der Waals surface area contributed by atoms with Crippen molar-refractivity contribution in [2.75, 3.05) is 39.6 Å². The summed E-state index contributed by atoms with van der Waals surface area (Å²) in [5, 5.41) is 0. The van der Waals surface area contributed by atoms with Crippen LogP contribution in [0, 0.1) is 0 Å². The molecule has 8 nitrogen and oxygen atoms in total. The van der Waals surface area contributed by atoms with Gasteiger partial charge in [0.15, 0.2) is 17.8 Å². The zero-order valence-corrected chi connectivity index (χ0v) is 21.2. The Balaban J connectivity index is 3.72. The molecule has 0 radical (unpaired) electrons. The van der Waals surface area contributed by atoms with E-state index in [9.17, 15) is 4.79 Å². The fourth-order valence-electron chi connectivity index (χ4n) is 3.21. The monoisotopic (exact) mass is 468 g/mol. The highest BCUT2D eigenvalue weighted by molar-refractivity contribution is 5.91. The molecule has 1 rings (SSSR count). The molecule has 33 heavy (non-hydrogen) atoms. The average Bonchev–Trinajstić information content (AvgIpc) is 2.80. The first-order valence-electron chi connectivity index (χ1n) is 11.8. The van der Waals surface area contributed by atoms with E-state index in [1.165, 1.54) is 0 Å². The molecule has 0 aliphatic rings. The maximum atomic E-state index is 13.1. The molecule has 0 aromatic heterocycles. The lowest BCUT2D eigenvalue weighted by atomic mass is 10.0. The SMILES string of the molecule is C=C(C(=O)Oc1c(OCC)c(OCC)c(CCC)c(OCC)c1OCC)C(OCC)OCC.